The average Bonchev–Trinajstić information content (AvgIpc) is 2.87. The lowest BCUT2D eigenvalue weighted by Gasteiger charge is -2.16. The average molecular weight is 283 g/mol. The zero-order valence-corrected chi connectivity index (χ0v) is 11.5. The lowest BCUT2D eigenvalue weighted by molar-refractivity contribution is -0.391. The molecule has 0 radical (unpaired) electrons. The smallest absolute Gasteiger partial charge is 0.178 e. The Hall–Kier alpha value is -2.50. The summed E-state index contributed by atoms with van der Waals surface area (Å²) in [6.07, 6.45) is 1.73. The van der Waals surface area contributed by atoms with Crippen LogP contribution in [0.4, 0.5) is 0 Å². The molecule has 1 aliphatic rings. The van der Waals surface area contributed by atoms with Crippen molar-refractivity contribution >= 4 is 0 Å². The maximum atomic E-state index is 9.75. The van der Waals surface area contributed by atoms with Gasteiger partial charge in [-0.1, -0.05) is 65.9 Å². The molecule has 3 rings (SSSR count). The van der Waals surface area contributed by atoms with Gasteiger partial charge in [0.05, 0.1) is 12.7 Å². The van der Waals surface area contributed by atoms with E-state index in [4.69, 9.17) is 4.94 Å². The Bertz CT molecular complexity index is 601. The Labute approximate surface area is 123 Å². The van der Waals surface area contributed by atoms with Crippen molar-refractivity contribution in [3.8, 4) is 0 Å². The molecular weight excluding hydrogens is 266 g/mol. The van der Waals surface area contributed by atoms with Crippen LogP contribution in [0.15, 0.2) is 72.7 Å². The molecule has 1 heterocycles. The molecule has 2 aromatic carbocycles. The van der Waals surface area contributed by atoms with Crippen LogP contribution in [0.5, 0.6) is 0 Å². The highest BCUT2D eigenvalue weighted by Crippen LogP contribution is 2.16. The van der Waals surface area contributed by atoms with Crippen molar-refractivity contribution in [3.63, 3.8) is 0 Å². The number of benzene rings is 2. The predicted molar refractivity (Wildman–Crippen MR) is 78.1 cm³/mol. The molecule has 0 atom stereocenters. The Morgan fingerprint density at radius 3 is 2.19 bits per heavy atom. The SMILES string of the molecule is ON1ON(Cc2ccccc2)C=C1NCc1ccccc1. The van der Waals surface area contributed by atoms with Crippen LogP contribution in [-0.2, 0) is 18.0 Å². The van der Waals surface area contributed by atoms with Crippen LogP contribution in [0.1, 0.15) is 11.1 Å². The normalized spacial score (nSPS) is 14.2. The molecule has 0 amide bonds. The van der Waals surface area contributed by atoms with Gasteiger partial charge in [-0.05, 0) is 11.1 Å². The molecule has 0 aliphatic carbocycles. The molecule has 0 aromatic heterocycles. The van der Waals surface area contributed by atoms with E-state index in [1.54, 1.807) is 11.3 Å². The van der Waals surface area contributed by atoms with E-state index >= 15 is 0 Å². The quantitative estimate of drug-likeness (QED) is 0.883. The van der Waals surface area contributed by atoms with Gasteiger partial charge in [-0.25, -0.2) is 5.06 Å². The first-order valence-corrected chi connectivity index (χ1v) is 6.78. The summed E-state index contributed by atoms with van der Waals surface area (Å²) in [7, 11) is 0. The van der Waals surface area contributed by atoms with Gasteiger partial charge >= 0.3 is 0 Å². The molecule has 0 unspecified atom stereocenters. The second kappa shape index (κ2) is 6.30. The van der Waals surface area contributed by atoms with E-state index in [-0.39, 0.29) is 0 Å². The number of hydroxylamine groups is 4. The number of nitrogens with one attached hydrogen (secondary N) is 1. The van der Waals surface area contributed by atoms with Crippen molar-refractivity contribution in [3.05, 3.63) is 83.8 Å². The molecular formula is C16H17N3O2. The third-order valence-corrected chi connectivity index (χ3v) is 3.15. The molecule has 0 saturated carbocycles. The highest BCUT2D eigenvalue weighted by atomic mass is 17.0. The van der Waals surface area contributed by atoms with Gasteiger partial charge in [-0.3, -0.25) is 5.21 Å². The van der Waals surface area contributed by atoms with Crippen LogP contribution in [0.3, 0.4) is 0 Å². The first kappa shape index (κ1) is 13.5. The largest absolute Gasteiger partial charge is 0.362 e. The maximum absolute atomic E-state index is 9.75. The molecule has 21 heavy (non-hydrogen) atoms. The van der Waals surface area contributed by atoms with Crippen LogP contribution in [-0.4, -0.2) is 15.5 Å². The topological polar surface area (TPSA) is 48.0 Å². The van der Waals surface area contributed by atoms with Crippen molar-refractivity contribution < 1.29 is 10.1 Å². The molecule has 1 aliphatic heterocycles. The van der Waals surface area contributed by atoms with Gasteiger partial charge in [0.15, 0.2) is 5.82 Å². The van der Waals surface area contributed by atoms with E-state index in [9.17, 15) is 5.21 Å². The van der Waals surface area contributed by atoms with Crippen LogP contribution in [0.25, 0.3) is 0 Å². The fourth-order valence-electron chi connectivity index (χ4n) is 2.09. The minimum absolute atomic E-state index is 0.509. The zero-order valence-electron chi connectivity index (χ0n) is 11.5. The third-order valence-electron chi connectivity index (χ3n) is 3.15. The van der Waals surface area contributed by atoms with Crippen LogP contribution in [0, 0.1) is 0 Å². The van der Waals surface area contributed by atoms with Gasteiger partial charge in [0.25, 0.3) is 0 Å². The molecule has 2 N–H and O–H groups in total. The minimum atomic E-state index is 0.509. The fourth-order valence-corrected chi connectivity index (χ4v) is 2.09. The van der Waals surface area contributed by atoms with E-state index in [1.807, 2.05) is 60.7 Å². The lowest BCUT2D eigenvalue weighted by atomic mass is 10.2. The molecule has 108 valence electrons. The minimum Gasteiger partial charge on any atom is -0.362 e. The van der Waals surface area contributed by atoms with E-state index in [0.29, 0.717) is 18.9 Å². The summed E-state index contributed by atoms with van der Waals surface area (Å²) < 4.78 is 0. The third kappa shape index (κ3) is 3.53. The van der Waals surface area contributed by atoms with Crippen LogP contribution < -0.4 is 5.32 Å². The van der Waals surface area contributed by atoms with Gasteiger partial charge in [0.2, 0.25) is 0 Å². The summed E-state index contributed by atoms with van der Waals surface area (Å²) in [5.41, 5.74) is 2.24. The van der Waals surface area contributed by atoms with Crippen molar-refractivity contribution in [2.45, 2.75) is 13.1 Å². The van der Waals surface area contributed by atoms with Crippen molar-refractivity contribution in [1.29, 1.82) is 0 Å². The molecule has 5 nitrogen and oxygen atoms in total. The molecule has 0 spiro atoms. The van der Waals surface area contributed by atoms with Crippen molar-refractivity contribution in [1.82, 2.24) is 15.6 Å². The van der Waals surface area contributed by atoms with E-state index in [2.05, 4.69) is 5.32 Å². The first-order chi connectivity index (χ1) is 10.3. The Morgan fingerprint density at radius 2 is 1.52 bits per heavy atom. The highest BCUT2D eigenvalue weighted by molar-refractivity contribution is 5.16. The molecule has 0 saturated heterocycles. The number of hydrogen-bond donors (Lipinski definition) is 2. The van der Waals surface area contributed by atoms with E-state index in [1.165, 1.54) is 0 Å². The first-order valence-electron chi connectivity index (χ1n) is 6.78. The van der Waals surface area contributed by atoms with Gasteiger partial charge in [0.1, 0.15) is 0 Å². The Balaban J connectivity index is 1.59. The second-order valence-corrected chi connectivity index (χ2v) is 4.77. The van der Waals surface area contributed by atoms with Crippen molar-refractivity contribution in [2.75, 3.05) is 0 Å². The number of hydrogen-bond acceptors (Lipinski definition) is 5. The van der Waals surface area contributed by atoms with E-state index in [0.717, 1.165) is 16.4 Å². The van der Waals surface area contributed by atoms with Crippen LogP contribution in [0.2, 0.25) is 0 Å². The summed E-state index contributed by atoms with van der Waals surface area (Å²) in [5.74, 6) is 0.509. The predicted octanol–water partition coefficient (Wildman–Crippen LogP) is 2.63. The maximum Gasteiger partial charge on any atom is 0.178 e. The Morgan fingerprint density at radius 1 is 0.905 bits per heavy atom. The van der Waals surface area contributed by atoms with Gasteiger partial charge in [0, 0.05) is 6.54 Å². The molecule has 5 heteroatoms. The van der Waals surface area contributed by atoms with Crippen molar-refractivity contribution in [2.24, 2.45) is 0 Å². The summed E-state index contributed by atoms with van der Waals surface area (Å²) in [4.78, 5) is 5.23. The molecule has 0 bridgehead atoms. The van der Waals surface area contributed by atoms with E-state index < -0.39 is 0 Å². The molecule has 2 aromatic rings. The van der Waals surface area contributed by atoms with Gasteiger partial charge in [-0.15, -0.1) is 4.94 Å². The fraction of sp³-hybridized carbons (Fsp3) is 0.125. The number of rotatable bonds is 5. The Kier molecular flexibility index (Phi) is 4.04. The zero-order chi connectivity index (χ0) is 14.5. The second-order valence-electron chi connectivity index (χ2n) is 4.77. The lowest BCUT2D eigenvalue weighted by Crippen LogP contribution is -2.26. The molecule has 0 fully saturated rings. The summed E-state index contributed by atoms with van der Waals surface area (Å²) in [5, 5.41) is 15.2. The van der Waals surface area contributed by atoms with Gasteiger partial charge < -0.3 is 5.32 Å². The summed E-state index contributed by atoms with van der Waals surface area (Å²) in [6.45, 7) is 1.18. The number of nitrogens with zero attached hydrogens (tertiary/aromatic N) is 2. The standard InChI is InChI=1S/C16H17N3O2/c20-19-16(17-11-14-7-3-1-4-8-14)13-18(21-19)12-15-9-5-2-6-10-15/h1-10,13,17,20H,11-12H2. The summed E-state index contributed by atoms with van der Waals surface area (Å²) >= 11 is 0. The monoisotopic (exact) mass is 283 g/mol. The van der Waals surface area contributed by atoms with Crippen LogP contribution >= 0.6 is 0 Å². The summed E-state index contributed by atoms with van der Waals surface area (Å²) in [6, 6.07) is 19.9. The highest BCUT2D eigenvalue weighted by Gasteiger charge is 2.21. The van der Waals surface area contributed by atoms with Gasteiger partial charge in [-0.2, -0.15) is 0 Å².